The summed E-state index contributed by atoms with van der Waals surface area (Å²) in [6.07, 6.45) is -1.09. The molecule has 0 aromatic heterocycles. The second kappa shape index (κ2) is 11.3. The molecule has 1 atom stereocenters. The van der Waals surface area contributed by atoms with Crippen LogP contribution in [0.25, 0.3) is 0 Å². The van der Waals surface area contributed by atoms with Crippen LogP contribution in [0, 0.1) is 0 Å². The molecular weight excluding hydrogens is 367 g/mol. The summed E-state index contributed by atoms with van der Waals surface area (Å²) in [5.41, 5.74) is 1.28. The van der Waals surface area contributed by atoms with E-state index in [2.05, 4.69) is 44.8 Å². The van der Waals surface area contributed by atoms with E-state index in [4.69, 9.17) is 0 Å². The number of hydrogen-bond acceptors (Lipinski definition) is 3. The minimum Gasteiger partial charge on any atom is -0.356 e. The summed E-state index contributed by atoms with van der Waals surface area (Å²) < 4.78 is 37.1. The average Bonchev–Trinajstić information content (AvgIpc) is 3.17. The first-order valence-corrected chi connectivity index (χ1v) is 9.88. The zero-order valence-electron chi connectivity index (χ0n) is 16.8. The molecule has 158 valence electrons. The summed E-state index contributed by atoms with van der Waals surface area (Å²) in [4.78, 5) is 8.01. The number of alkyl halides is 3. The van der Waals surface area contributed by atoms with Crippen molar-refractivity contribution in [2.45, 2.75) is 31.5 Å². The first-order valence-electron chi connectivity index (χ1n) is 9.88. The van der Waals surface area contributed by atoms with Gasteiger partial charge in [-0.2, -0.15) is 13.2 Å². The molecule has 0 aliphatic carbocycles. The standard InChI is InChI=1S/C20H32F3N5/c1-24-19(25-11-8-12-27(2)16-20(21,22)23)26-15-18(28-13-6-7-14-28)17-9-4-3-5-10-17/h3-5,9-10,18H,6-8,11-16H2,1-2H3,(H2,24,25,26). The van der Waals surface area contributed by atoms with Crippen LogP contribution in [-0.4, -0.2) is 75.3 Å². The lowest BCUT2D eigenvalue weighted by molar-refractivity contribution is -0.143. The molecule has 1 aliphatic heterocycles. The molecule has 1 aromatic rings. The van der Waals surface area contributed by atoms with Crippen molar-refractivity contribution in [2.75, 3.05) is 53.4 Å². The molecule has 0 saturated carbocycles. The molecule has 1 saturated heterocycles. The highest BCUT2D eigenvalue weighted by Crippen LogP contribution is 2.24. The number of aliphatic imine (C=N–C) groups is 1. The fraction of sp³-hybridized carbons (Fsp3) is 0.650. The van der Waals surface area contributed by atoms with Gasteiger partial charge in [-0.15, -0.1) is 0 Å². The van der Waals surface area contributed by atoms with E-state index in [1.54, 1.807) is 7.05 Å². The first kappa shape index (κ1) is 22.5. The fourth-order valence-corrected chi connectivity index (χ4v) is 3.54. The topological polar surface area (TPSA) is 42.9 Å². The van der Waals surface area contributed by atoms with Crippen LogP contribution in [0.3, 0.4) is 0 Å². The predicted molar refractivity (Wildman–Crippen MR) is 108 cm³/mol. The van der Waals surface area contributed by atoms with Gasteiger partial charge in [0.25, 0.3) is 0 Å². The van der Waals surface area contributed by atoms with E-state index in [9.17, 15) is 13.2 Å². The molecule has 1 unspecified atom stereocenters. The molecule has 8 heteroatoms. The molecule has 5 nitrogen and oxygen atoms in total. The number of nitrogens with one attached hydrogen (secondary N) is 2. The van der Waals surface area contributed by atoms with Crippen molar-refractivity contribution >= 4 is 5.96 Å². The molecular formula is C20H32F3N5. The third-order valence-corrected chi connectivity index (χ3v) is 4.91. The maximum atomic E-state index is 12.4. The monoisotopic (exact) mass is 399 g/mol. The second-order valence-electron chi connectivity index (χ2n) is 7.26. The molecule has 2 N–H and O–H groups in total. The molecule has 1 aliphatic rings. The van der Waals surface area contributed by atoms with Crippen molar-refractivity contribution in [3.8, 4) is 0 Å². The number of nitrogens with zero attached hydrogens (tertiary/aromatic N) is 3. The lowest BCUT2D eigenvalue weighted by atomic mass is 10.1. The van der Waals surface area contributed by atoms with Gasteiger partial charge in [-0.1, -0.05) is 30.3 Å². The average molecular weight is 400 g/mol. The molecule has 1 heterocycles. The van der Waals surface area contributed by atoms with Gasteiger partial charge in [0.15, 0.2) is 5.96 Å². The van der Waals surface area contributed by atoms with Gasteiger partial charge in [-0.3, -0.25) is 14.8 Å². The number of hydrogen-bond donors (Lipinski definition) is 2. The molecule has 1 fully saturated rings. The van der Waals surface area contributed by atoms with E-state index >= 15 is 0 Å². The van der Waals surface area contributed by atoms with Crippen molar-refractivity contribution < 1.29 is 13.2 Å². The Hall–Kier alpha value is -1.80. The van der Waals surface area contributed by atoms with Crippen LogP contribution in [0.15, 0.2) is 35.3 Å². The largest absolute Gasteiger partial charge is 0.401 e. The lowest BCUT2D eigenvalue weighted by Crippen LogP contribution is -2.43. The Balaban J connectivity index is 1.78. The van der Waals surface area contributed by atoms with Crippen molar-refractivity contribution in [3.63, 3.8) is 0 Å². The number of halogens is 3. The van der Waals surface area contributed by atoms with Gasteiger partial charge >= 0.3 is 6.18 Å². The lowest BCUT2D eigenvalue weighted by Gasteiger charge is -2.29. The van der Waals surface area contributed by atoms with Crippen molar-refractivity contribution in [3.05, 3.63) is 35.9 Å². The molecule has 28 heavy (non-hydrogen) atoms. The van der Waals surface area contributed by atoms with Crippen LogP contribution >= 0.6 is 0 Å². The van der Waals surface area contributed by atoms with Crippen LogP contribution in [0.4, 0.5) is 13.2 Å². The van der Waals surface area contributed by atoms with Crippen LogP contribution in [0.2, 0.25) is 0 Å². The SMILES string of the molecule is CN=C(NCCCN(C)CC(F)(F)F)NCC(c1ccccc1)N1CCCC1. The van der Waals surface area contributed by atoms with Gasteiger partial charge in [-0.25, -0.2) is 0 Å². The molecule has 0 spiro atoms. The summed E-state index contributed by atoms with van der Waals surface area (Å²) in [6.45, 7) is 3.00. The Morgan fingerprint density at radius 1 is 1.18 bits per heavy atom. The third-order valence-electron chi connectivity index (χ3n) is 4.91. The van der Waals surface area contributed by atoms with E-state index in [1.165, 1.54) is 30.4 Å². The Kier molecular flexibility index (Phi) is 9.05. The normalized spacial score (nSPS) is 17.1. The molecule has 0 bridgehead atoms. The summed E-state index contributed by atoms with van der Waals surface area (Å²) in [7, 11) is 3.19. The molecule has 0 radical (unpaired) electrons. The quantitative estimate of drug-likeness (QED) is 0.381. The smallest absolute Gasteiger partial charge is 0.356 e. The van der Waals surface area contributed by atoms with Crippen LogP contribution in [0.1, 0.15) is 30.9 Å². The molecule has 0 amide bonds. The molecule has 1 aromatic carbocycles. The van der Waals surface area contributed by atoms with Gasteiger partial charge in [0.2, 0.25) is 0 Å². The Morgan fingerprint density at radius 3 is 2.46 bits per heavy atom. The minimum absolute atomic E-state index is 0.278. The Labute approximate surface area is 166 Å². The van der Waals surface area contributed by atoms with E-state index in [0.29, 0.717) is 25.5 Å². The van der Waals surface area contributed by atoms with Crippen molar-refractivity contribution in [1.82, 2.24) is 20.4 Å². The highest BCUT2D eigenvalue weighted by molar-refractivity contribution is 5.79. The summed E-state index contributed by atoms with van der Waals surface area (Å²) in [5, 5.41) is 6.57. The fourth-order valence-electron chi connectivity index (χ4n) is 3.54. The van der Waals surface area contributed by atoms with Gasteiger partial charge in [0, 0.05) is 20.1 Å². The third kappa shape index (κ3) is 8.06. The summed E-state index contributed by atoms with van der Waals surface area (Å²) in [6, 6.07) is 10.7. The van der Waals surface area contributed by atoms with Crippen LogP contribution < -0.4 is 10.6 Å². The van der Waals surface area contributed by atoms with Crippen LogP contribution in [0.5, 0.6) is 0 Å². The summed E-state index contributed by atoms with van der Waals surface area (Å²) >= 11 is 0. The number of benzene rings is 1. The Bertz CT molecular complexity index is 585. The number of guanidine groups is 1. The highest BCUT2D eigenvalue weighted by atomic mass is 19.4. The predicted octanol–water partition coefficient (Wildman–Crippen LogP) is 2.87. The van der Waals surface area contributed by atoms with E-state index in [1.807, 2.05) is 6.07 Å². The molecule has 2 rings (SSSR count). The van der Waals surface area contributed by atoms with Gasteiger partial charge < -0.3 is 10.6 Å². The van der Waals surface area contributed by atoms with E-state index in [0.717, 1.165) is 19.6 Å². The van der Waals surface area contributed by atoms with Gasteiger partial charge in [-0.05, 0) is 51.5 Å². The zero-order valence-corrected chi connectivity index (χ0v) is 16.8. The second-order valence-corrected chi connectivity index (χ2v) is 7.26. The maximum absolute atomic E-state index is 12.4. The summed E-state index contributed by atoms with van der Waals surface area (Å²) in [5.74, 6) is 0.679. The number of rotatable bonds is 9. The zero-order chi connectivity index (χ0) is 20.4. The Morgan fingerprint density at radius 2 is 1.86 bits per heavy atom. The van der Waals surface area contributed by atoms with E-state index in [-0.39, 0.29) is 6.04 Å². The van der Waals surface area contributed by atoms with E-state index < -0.39 is 12.7 Å². The minimum atomic E-state index is -4.15. The number of likely N-dealkylation sites (tertiary alicyclic amines) is 1. The van der Waals surface area contributed by atoms with Crippen molar-refractivity contribution in [2.24, 2.45) is 4.99 Å². The van der Waals surface area contributed by atoms with Gasteiger partial charge in [0.05, 0.1) is 12.6 Å². The highest BCUT2D eigenvalue weighted by Gasteiger charge is 2.28. The van der Waals surface area contributed by atoms with Gasteiger partial charge in [0.1, 0.15) is 0 Å². The van der Waals surface area contributed by atoms with Crippen LogP contribution in [-0.2, 0) is 0 Å². The van der Waals surface area contributed by atoms with Crippen molar-refractivity contribution in [1.29, 1.82) is 0 Å². The first-order chi connectivity index (χ1) is 13.4. The maximum Gasteiger partial charge on any atom is 0.401 e.